The Morgan fingerprint density at radius 3 is 1.31 bits per heavy atom. The second-order valence-corrected chi connectivity index (χ2v) is 10.2. The van der Waals surface area contributed by atoms with Crippen LogP contribution in [0.1, 0.15) is 136 Å². The summed E-state index contributed by atoms with van der Waals surface area (Å²) >= 11 is 0. The molecule has 4 nitrogen and oxygen atoms in total. The van der Waals surface area contributed by atoms with E-state index in [0.717, 1.165) is 57.8 Å². The molecule has 0 fully saturated rings. The Labute approximate surface area is 224 Å². The van der Waals surface area contributed by atoms with E-state index in [1.165, 1.54) is 51.4 Å². The molecule has 0 aliphatic heterocycles. The van der Waals surface area contributed by atoms with Crippen molar-refractivity contribution in [2.75, 3.05) is 0 Å². The first-order valence-electron chi connectivity index (χ1n) is 12.0. The number of aliphatic hydroxyl groups excluding tert-OH is 1. The van der Waals surface area contributed by atoms with E-state index in [4.69, 9.17) is 0 Å². The fourth-order valence-corrected chi connectivity index (χ4v) is 4.73. The van der Waals surface area contributed by atoms with Crippen LogP contribution in [0.5, 0.6) is 0 Å². The number of hydrogen-bond donors (Lipinski definition) is 1. The maximum atomic E-state index is 11.5. The molecule has 2 atom stereocenters. The second kappa shape index (κ2) is 22.7. The summed E-state index contributed by atoms with van der Waals surface area (Å²) in [6.45, 7) is 4.39. The van der Waals surface area contributed by atoms with E-state index in [1.807, 2.05) is 0 Å². The van der Waals surface area contributed by atoms with Crippen LogP contribution < -0.4 is 51.4 Å². The van der Waals surface area contributed by atoms with Gasteiger partial charge < -0.3 is 9.66 Å². The molecule has 0 aliphatic carbocycles. The van der Waals surface area contributed by atoms with Crippen molar-refractivity contribution in [2.45, 2.75) is 147 Å². The molecule has 0 aromatic heterocycles. The number of aliphatic hydroxyl groups is 1. The minimum Gasteiger partial charge on any atom is -0.748 e. The Hall–Kier alpha value is 1.51. The molecule has 0 spiro atoms. The van der Waals surface area contributed by atoms with Gasteiger partial charge in [0.2, 0.25) is 0 Å². The van der Waals surface area contributed by atoms with Gasteiger partial charge in [0.1, 0.15) is 0 Å². The molecule has 0 aliphatic rings. The van der Waals surface area contributed by atoms with Gasteiger partial charge in [0.15, 0.2) is 0 Å². The third-order valence-corrected chi connectivity index (χ3v) is 7.03. The summed E-state index contributed by atoms with van der Waals surface area (Å²) in [6.07, 6.45) is 19.1. The molecule has 0 bridgehead atoms. The van der Waals surface area contributed by atoms with E-state index >= 15 is 0 Å². The van der Waals surface area contributed by atoms with Gasteiger partial charge in [0, 0.05) is 5.25 Å². The van der Waals surface area contributed by atoms with Crippen LogP contribution in [0.25, 0.3) is 0 Å². The van der Waals surface area contributed by atoms with Gasteiger partial charge in [-0.15, -0.1) is 0 Å². The summed E-state index contributed by atoms with van der Waals surface area (Å²) < 4.78 is 34.5. The molecule has 0 rings (SSSR count). The number of unbranched alkanes of at least 4 members (excludes halogenated alkanes) is 12. The van der Waals surface area contributed by atoms with Gasteiger partial charge in [-0.1, -0.05) is 110 Å². The van der Waals surface area contributed by atoms with Crippen LogP contribution in [-0.2, 0) is 10.1 Å². The van der Waals surface area contributed by atoms with E-state index in [1.54, 1.807) is 0 Å². The molecule has 0 saturated carbocycles. The van der Waals surface area contributed by atoms with Crippen LogP contribution in [0.4, 0.5) is 0 Å². The largest absolute Gasteiger partial charge is 1.00 e. The number of rotatable bonds is 21. The van der Waals surface area contributed by atoms with Crippen LogP contribution >= 0.6 is 0 Å². The zero-order valence-corrected chi connectivity index (χ0v) is 23.6. The van der Waals surface area contributed by atoms with Crippen LogP contribution in [-0.4, -0.2) is 29.4 Å². The molecule has 0 amide bonds. The Morgan fingerprint density at radius 2 is 0.931 bits per heavy atom. The zero-order chi connectivity index (χ0) is 21.1. The topological polar surface area (TPSA) is 77.4 Å². The number of hydrogen-bond acceptors (Lipinski definition) is 4. The third kappa shape index (κ3) is 22.5. The minimum absolute atomic E-state index is 0. The molecule has 0 aromatic rings. The maximum Gasteiger partial charge on any atom is 1.00 e. The summed E-state index contributed by atoms with van der Waals surface area (Å²) in [6, 6.07) is 0. The monoisotopic (exact) mass is 458 g/mol. The zero-order valence-electron chi connectivity index (χ0n) is 19.7. The quantitative estimate of drug-likeness (QED) is 0.162. The first-order valence-corrected chi connectivity index (χ1v) is 13.5. The van der Waals surface area contributed by atoms with Crippen molar-refractivity contribution in [1.82, 2.24) is 0 Å². The van der Waals surface area contributed by atoms with Gasteiger partial charge in [-0.05, 0) is 25.7 Å². The fraction of sp³-hybridized carbons (Fsp3) is 1.00. The summed E-state index contributed by atoms with van der Waals surface area (Å²) in [5.41, 5.74) is 0. The normalized spacial score (nSPS) is 13.8. The van der Waals surface area contributed by atoms with Crippen molar-refractivity contribution in [2.24, 2.45) is 0 Å². The van der Waals surface area contributed by atoms with Crippen molar-refractivity contribution in [1.29, 1.82) is 0 Å². The molecule has 0 radical (unpaired) electrons. The Bertz CT molecular complexity index is 429. The molecule has 0 heterocycles. The first-order chi connectivity index (χ1) is 13.4. The summed E-state index contributed by atoms with van der Waals surface area (Å²) in [5, 5.41) is 9.30. The molecular weight excluding hydrogens is 411 g/mol. The van der Waals surface area contributed by atoms with Crippen molar-refractivity contribution < 1.29 is 69.5 Å². The van der Waals surface area contributed by atoms with E-state index in [9.17, 15) is 18.1 Å². The van der Waals surface area contributed by atoms with E-state index in [-0.39, 0.29) is 57.5 Å². The smallest absolute Gasteiger partial charge is 0.748 e. The summed E-state index contributed by atoms with van der Waals surface area (Å²) in [5.74, 6) is 0. The van der Waals surface area contributed by atoms with Crippen LogP contribution in [0.2, 0.25) is 0 Å². The van der Waals surface area contributed by atoms with Gasteiger partial charge in [0.25, 0.3) is 0 Å². The van der Waals surface area contributed by atoms with Crippen LogP contribution in [0.15, 0.2) is 0 Å². The standard InChI is InChI=1S/C23H48O4S.K/c1-3-5-7-9-10-12-16-20-23(28(25,26)27)21-17-13-15-19-22(24)18-14-11-8-6-4-2;/h22-24H,3-21H2,1-2H3,(H,25,26,27);/q;+1/p-1. The van der Waals surface area contributed by atoms with Gasteiger partial charge in [0.05, 0.1) is 16.2 Å². The fourth-order valence-electron chi connectivity index (χ4n) is 3.82. The minimum atomic E-state index is -4.19. The Balaban J connectivity index is 0. The Kier molecular flexibility index (Phi) is 25.6. The van der Waals surface area contributed by atoms with Crippen molar-refractivity contribution in [3.63, 3.8) is 0 Å². The average molecular weight is 459 g/mol. The average Bonchev–Trinajstić information content (AvgIpc) is 2.64. The molecule has 0 saturated heterocycles. The van der Waals surface area contributed by atoms with Gasteiger partial charge >= 0.3 is 51.4 Å². The maximum absolute atomic E-state index is 11.5. The third-order valence-electron chi connectivity index (χ3n) is 5.74. The van der Waals surface area contributed by atoms with Gasteiger partial charge in [-0.25, -0.2) is 8.42 Å². The molecule has 2 unspecified atom stereocenters. The SMILES string of the molecule is CCCCCCCCCC(CCCCCC(O)CCCCCCC)S(=O)(=O)[O-].[K+]. The van der Waals surface area contributed by atoms with Crippen molar-refractivity contribution in [3.05, 3.63) is 0 Å². The van der Waals surface area contributed by atoms with Crippen molar-refractivity contribution in [3.8, 4) is 0 Å². The molecule has 6 heteroatoms. The van der Waals surface area contributed by atoms with Gasteiger partial charge in [-0.3, -0.25) is 0 Å². The molecule has 1 N–H and O–H groups in total. The molecule has 29 heavy (non-hydrogen) atoms. The van der Waals surface area contributed by atoms with E-state index in [2.05, 4.69) is 13.8 Å². The predicted molar refractivity (Wildman–Crippen MR) is 119 cm³/mol. The van der Waals surface area contributed by atoms with Crippen molar-refractivity contribution >= 4 is 10.1 Å². The van der Waals surface area contributed by atoms with Gasteiger partial charge in [-0.2, -0.15) is 0 Å². The summed E-state index contributed by atoms with van der Waals surface area (Å²) in [7, 11) is -4.19. The molecular formula is C23H47KO4S. The second-order valence-electron chi connectivity index (χ2n) is 8.52. The Morgan fingerprint density at radius 1 is 0.621 bits per heavy atom. The first kappa shape index (κ1) is 32.7. The van der Waals surface area contributed by atoms with Crippen LogP contribution in [0.3, 0.4) is 0 Å². The van der Waals surface area contributed by atoms with E-state index < -0.39 is 15.4 Å². The molecule has 0 aromatic carbocycles. The predicted octanol–water partition coefficient (Wildman–Crippen LogP) is 3.72. The van der Waals surface area contributed by atoms with Crippen LogP contribution in [0, 0.1) is 0 Å². The summed E-state index contributed by atoms with van der Waals surface area (Å²) in [4.78, 5) is 0. The molecule has 170 valence electrons. The van der Waals surface area contributed by atoms with E-state index in [0.29, 0.717) is 12.8 Å².